The Morgan fingerprint density at radius 3 is 2.29 bits per heavy atom. The summed E-state index contributed by atoms with van der Waals surface area (Å²) < 4.78 is 30.2. The Bertz CT molecular complexity index is 785. The zero-order valence-corrected chi connectivity index (χ0v) is 21.1. The van der Waals surface area contributed by atoms with Gasteiger partial charge < -0.3 is 24.4 Å². The molecule has 1 saturated carbocycles. The Labute approximate surface area is 211 Å². The predicted octanol–water partition coefficient (Wildman–Crippen LogP) is 5.83. The number of carbonyl (C=O) groups is 1. The molecule has 1 N–H and O–H groups in total. The third-order valence-corrected chi connectivity index (χ3v) is 7.81. The smallest absolute Gasteiger partial charge is 0.407 e. The molecule has 4 rings (SSSR count). The van der Waals surface area contributed by atoms with Crippen molar-refractivity contribution in [3.8, 4) is 5.75 Å². The Morgan fingerprint density at radius 1 is 1.00 bits per heavy atom. The van der Waals surface area contributed by atoms with E-state index in [1.165, 1.54) is 18.6 Å². The molecule has 0 radical (unpaired) electrons. The summed E-state index contributed by atoms with van der Waals surface area (Å²) in [5.74, 6) is 0.623. The van der Waals surface area contributed by atoms with Crippen LogP contribution in [0.3, 0.4) is 0 Å². The lowest BCUT2D eigenvalue weighted by molar-refractivity contribution is 0.000257. The molecule has 6 nitrogen and oxygen atoms in total. The number of piperidine rings is 1. The van der Waals surface area contributed by atoms with Crippen molar-refractivity contribution in [2.45, 2.75) is 76.0 Å². The number of halogens is 3. The zero-order chi connectivity index (χ0) is 23.9. The molecule has 0 aromatic heterocycles. The number of alkyl carbamates (subject to hydrolysis) is 1. The number of amides is 1. The highest BCUT2D eigenvalue weighted by Gasteiger charge is 2.27. The number of benzene rings is 1. The van der Waals surface area contributed by atoms with Crippen molar-refractivity contribution in [2.75, 3.05) is 32.8 Å². The normalized spacial score (nSPS) is 25.1. The average molecular weight is 517 g/mol. The standard InChI is InChI=1S/C25H35Cl2FN2O4/c26-22-15-18(28)16-23(27)24(22)33-20-6-11-30(12-7-20)10-5-17-1-3-19(4-2-17)29-25(31)34-21-8-13-32-14-9-21/h15-17,19-21H,1-14H2,(H,29,31)/t17-,19-. The fraction of sp³-hybridized carbons (Fsp3) is 0.720. The number of likely N-dealkylation sites (tertiary alicyclic amines) is 1. The molecule has 0 unspecified atom stereocenters. The Morgan fingerprint density at radius 2 is 1.65 bits per heavy atom. The first-order chi connectivity index (χ1) is 16.5. The van der Waals surface area contributed by atoms with E-state index in [0.29, 0.717) is 24.9 Å². The fourth-order valence-corrected chi connectivity index (χ4v) is 5.71. The Kier molecular flexibility index (Phi) is 9.57. The van der Waals surface area contributed by atoms with E-state index >= 15 is 0 Å². The molecule has 3 fully saturated rings. The van der Waals surface area contributed by atoms with Gasteiger partial charge in [0.2, 0.25) is 0 Å². The second kappa shape index (κ2) is 12.6. The minimum absolute atomic E-state index is 0.00991. The molecule has 2 aliphatic heterocycles. The number of carbonyl (C=O) groups excluding carboxylic acids is 1. The summed E-state index contributed by atoms with van der Waals surface area (Å²) in [6.07, 6.45) is 8.63. The zero-order valence-electron chi connectivity index (χ0n) is 19.6. The third kappa shape index (κ3) is 7.61. The van der Waals surface area contributed by atoms with Gasteiger partial charge in [-0.15, -0.1) is 0 Å². The minimum Gasteiger partial charge on any atom is -0.487 e. The number of rotatable bonds is 7. The van der Waals surface area contributed by atoms with Gasteiger partial charge in [0.15, 0.2) is 5.75 Å². The molecule has 0 atom stereocenters. The number of nitrogens with one attached hydrogen (secondary N) is 1. The molecule has 0 spiro atoms. The van der Waals surface area contributed by atoms with Crippen molar-refractivity contribution in [3.05, 3.63) is 28.0 Å². The van der Waals surface area contributed by atoms with Gasteiger partial charge >= 0.3 is 6.09 Å². The Hall–Kier alpha value is -1.28. The molecule has 1 aromatic rings. The molecule has 9 heteroatoms. The topological polar surface area (TPSA) is 60.0 Å². The van der Waals surface area contributed by atoms with Gasteiger partial charge in [-0.3, -0.25) is 0 Å². The van der Waals surface area contributed by atoms with Gasteiger partial charge in [-0.25, -0.2) is 9.18 Å². The lowest BCUT2D eigenvalue weighted by Crippen LogP contribution is -2.41. The monoisotopic (exact) mass is 516 g/mol. The van der Waals surface area contributed by atoms with E-state index in [1.807, 2.05) is 0 Å². The summed E-state index contributed by atoms with van der Waals surface area (Å²) in [5.41, 5.74) is 0. The number of ether oxygens (including phenoxy) is 3. The molecule has 1 amide bonds. The van der Waals surface area contributed by atoms with Crippen LogP contribution in [0.1, 0.15) is 57.8 Å². The predicted molar refractivity (Wildman–Crippen MR) is 130 cm³/mol. The van der Waals surface area contributed by atoms with Crippen molar-refractivity contribution in [1.82, 2.24) is 10.2 Å². The van der Waals surface area contributed by atoms with Crippen LogP contribution >= 0.6 is 23.2 Å². The van der Waals surface area contributed by atoms with Crippen LogP contribution in [-0.4, -0.2) is 62.1 Å². The van der Waals surface area contributed by atoms with Crippen LogP contribution in [0.25, 0.3) is 0 Å². The minimum atomic E-state index is -0.461. The van der Waals surface area contributed by atoms with Crippen LogP contribution in [0, 0.1) is 11.7 Å². The van der Waals surface area contributed by atoms with Crippen molar-refractivity contribution < 1.29 is 23.4 Å². The van der Waals surface area contributed by atoms with Crippen LogP contribution < -0.4 is 10.1 Å². The number of hydrogen-bond acceptors (Lipinski definition) is 5. The van der Waals surface area contributed by atoms with E-state index in [2.05, 4.69) is 10.2 Å². The van der Waals surface area contributed by atoms with E-state index in [4.69, 9.17) is 37.4 Å². The number of nitrogens with zero attached hydrogens (tertiary/aromatic N) is 1. The van der Waals surface area contributed by atoms with E-state index in [1.54, 1.807) is 0 Å². The summed E-state index contributed by atoms with van der Waals surface area (Å²) in [6, 6.07) is 2.69. The first-order valence-electron chi connectivity index (χ1n) is 12.5. The molecule has 1 aromatic carbocycles. The highest BCUT2D eigenvalue weighted by atomic mass is 35.5. The van der Waals surface area contributed by atoms with Crippen molar-refractivity contribution in [3.63, 3.8) is 0 Å². The van der Waals surface area contributed by atoms with E-state index in [9.17, 15) is 9.18 Å². The van der Waals surface area contributed by atoms with Gasteiger partial charge in [0.05, 0.1) is 23.3 Å². The summed E-state index contributed by atoms with van der Waals surface area (Å²) in [6.45, 7) is 4.36. The van der Waals surface area contributed by atoms with E-state index < -0.39 is 5.82 Å². The first-order valence-corrected chi connectivity index (χ1v) is 13.3. The third-order valence-electron chi connectivity index (χ3n) is 7.25. The molecule has 1 aliphatic carbocycles. The highest BCUT2D eigenvalue weighted by molar-refractivity contribution is 6.37. The van der Waals surface area contributed by atoms with Crippen LogP contribution in [-0.2, 0) is 9.47 Å². The maximum absolute atomic E-state index is 13.4. The summed E-state index contributed by atoms with van der Waals surface area (Å²) >= 11 is 12.2. The van der Waals surface area contributed by atoms with E-state index in [0.717, 1.165) is 71.0 Å². The van der Waals surface area contributed by atoms with Gasteiger partial charge in [0.25, 0.3) is 0 Å². The average Bonchev–Trinajstić information content (AvgIpc) is 2.82. The van der Waals surface area contributed by atoms with Gasteiger partial charge in [-0.05, 0) is 69.5 Å². The molecule has 34 heavy (non-hydrogen) atoms. The highest BCUT2D eigenvalue weighted by Crippen LogP contribution is 2.36. The summed E-state index contributed by atoms with van der Waals surface area (Å²) in [7, 11) is 0. The molecular weight excluding hydrogens is 482 g/mol. The van der Waals surface area contributed by atoms with Gasteiger partial charge in [-0.1, -0.05) is 23.2 Å². The largest absolute Gasteiger partial charge is 0.487 e. The van der Waals surface area contributed by atoms with Gasteiger partial charge in [0.1, 0.15) is 18.0 Å². The SMILES string of the molecule is O=C(N[C@H]1CC[C@H](CCN2CCC(Oc3c(Cl)cc(F)cc3Cl)CC2)CC1)OC1CCOCC1. The molecule has 2 saturated heterocycles. The second-order valence-electron chi connectivity index (χ2n) is 9.73. The number of hydrogen-bond donors (Lipinski definition) is 1. The maximum Gasteiger partial charge on any atom is 0.407 e. The first kappa shape index (κ1) is 25.8. The van der Waals surface area contributed by atoms with Crippen molar-refractivity contribution in [1.29, 1.82) is 0 Å². The quantitative estimate of drug-likeness (QED) is 0.493. The lowest BCUT2D eigenvalue weighted by Gasteiger charge is -2.34. The van der Waals surface area contributed by atoms with Gasteiger partial charge in [-0.2, -0.15) is 0 Å². The van der Waals surface area contributed by atoms with E-state index in [-0.39, 0.29) is 34.4 Å². The molecule has 2 heterocycles. The van der Waals surface area contributed by atoms with Crippen LogP contribution in [0.15, 0.2) is 12.1 Å². The fourth-order valence-electron chi connectivity index (χ4n) is 5.17. The van der Waals surface area contributed by atoms with Crippen LogP contribution in [0.2, 0.25) is 10.0 Å². The van der Waals surface area contributed by atoms with Crippen molar-refractivity contribution in [2.24, 2.45) is 5.92 Å². The lowest BCUT2D eigenvalue weighted by atomic mass is 9.84. The van der Waals surface area contributed by atoms with Crippen molar-refractivity contribution >= 4 is 29.3 Å². The Balaban J connectivity index is 1.10. The molecular formula is C25H35Cl2FN2O4. The summed E-state index contributed by atoms with van der Waals surface area (Å²) in [5, 5.41) is 3.50. The van der Waals surface area contributed by atoms with Gasteiger partial charge in [0, 0.05) is 32.0 Å². The van der Waals surface area contributed by atoms with Crippen LogP contribution in [0.5, 0.6) is 5.75 Å². The van der Waals surface area contributed by atoms with Crippen LogP contribution in [0.4, 0.5) is 9.18 Å². The maximum atomic E-state index is 13.4. The summed E-state index contributed by atoms with van der Waals surface area (Å²) in [4.78, 5) is 14.7. The molecule has 0 bridgehead atoms. The second-order valence-corrected chi connectivity index (χ2v) is 10.5. The molecule has 190 valence electrons. The molecule has 3 aliphatic rings.